The molecule has 0 N–H and O–H groups in total. The van der Waals surface area contributed by atoms with Crippen LogP contribution in [0.2, 0.25) is 0 Å². The van der Waals surface area contributed by atoms with Crippen LogP contribution in [0.15, 0.2) is 30.3 Å². The summed E-state index contributed by atoms with van der Waals surface area (Å²) in [5.41, 5.74) is 0.862. The van der Waals surface area contributed by atoms with Crippen LogP contribution >= 0.6 is 0 Å². The smallest absolute Gasteiger partial charge is 0.383 e. The van der Waals surface area contributed by atoms with Crippen LogP contribution in [0.3, 0.4) is 0 Å². The highest BCUT2D eigenvalue weighted by Crippen LogP contribution is 2.41. The zero-order valence-corrected chi connectivity index (χ0v) is 9.45. The van der Waals surface area contributed by atoms with Gasteiger partial charge in [-0.15, -0.1) is 0 Å². The molecule has 0 bridgehead atoms. The number of hydrogen-bond acceptors (Lipinski definition) is 2. The standard InChI is InChI=1S/C12H14F3NO/c1-17-8-10(9-5-3-2-4-6-9)16-7-11(16)12(13,14)15/h2-6,10-11H,7-8H2,1H3. The first-order valence-corrected chi connectivity index (χ1v) is 5.40. The summed E-state index contributed by atoms with van der Waals surface area (Å²) in [5, 5.41) is 0. The molecule has 0 amide bonds. The van der Waals surface area contributed by atoms with E-state index in [-0.39, 0.29) is 19.2 Å². The van der Waals surface area contributed by atoms with E-state index in [2.05, 4.69) is 0 Å². The van der Waals surface area contributed by atoms with E-state index in [1.807, 2.05) is 30.3 Å². The van der Waals surface area contributed by atoms with Gasteiger partial charge in [-0.1, -0.05) is 30.3 Å². The molecule has 0 radical (unpaired) electrons. The molecule has 0 saturated carbocycles. The molecule has 1 aliphatic heterocycles. The minimum absolute atomic E-state index is 0.0619. The fourth-order valence-corrected chi connectivity index (χ4v) is 2.01. The highest BCUT2D eigenvalue weighted by molar-refractivity contribution is 5.21. The van der Waals surface area contributed by atoms with Crippen LogP contribution in [0.5, 0.6) is 0 Å². The Bertz CT molecular complexity index is 366. The quantitative estimate of drug-likeness (QED) is 0.756. The summed E-state index contributed by atoms with van der Waals surface area (Å²) < 4.78 is 42.6. The summed E-state index contributed by atoms with van der Waals surface area (Å²) in [4.78, 5) is 1.42. The fourth-order valence-electron chi connectivity index (χ4n) is 2.01. The van der Waals surface area contributed by atoms with Crippen molar-refractivity contribution in [1.29, 1.82) is 0 Å². The minimum Gasteiger partial charge on any atom is -0.383 e. The predicted molar refractivity (Wildman–Crippen MR) is 57.6 cm³/mol. The zero-order chi connectivity index (χ0) is 12.5. The van der Waals surface area contributed by atoms with E-state index in [0.29, 0.717) is 0 Å². The molecule has 3 atom stereocenters. The van der Waals surface area contributed by atoms with Gasteiger partial charge in [0.15, 0.2) is 0 Å². The van der Waals surface area contributed by atoms with Crippen LogP contribution in [-0.2, 0) is 4.74 Å². The van der Waals surface area contributed by atoms with Crippen molar-refractivity contribution in [3.8, 4) is 0 Å². The molecule has 2 rings (SSSR count). The van der Waals surface area contributed by atoms with Crippen LogP contribution in [0.25, 0.3) is 0 Å². The normalized spacial score (nSPS) is 25.6. The van der Waals surface area contributed by atoms with E-state index in [9.17, 15) is 13.2 Å². The molecule has 1 heterocycles. The van der Waals surface area contributed by atoms with Gasteiger partial charge in [0.2, 0.25) is 0 Å². The molecule has 1 aromatic rings. The Morgan fingerprint density at radius 2 is 2.00 bits per heavy atom. The molecular weight excluding hydrogens is 231 g/mol. The first-order valence-electron chi connectivity index (χ1n) is 5.40. The second kappa shape index (κ2) is 4.66. The lowest BCUT2D eigenvalue weighted by atomic mass is 10.1. The summed E-state index contributed by atoms with van der Waals surface area (Å²) >= 11 is 0. The lowest BCUT2D eigenvalue weighted by Gasteiger charge is -2.19. The Kier molecular flexibility index (Phi) is 3.40. The van der Waals surface area contributed by atoms with Crippen molar-refractivity contribution in [2.24, 2.45) is 0 Å². The van der Waals surface area contributed by atoms with E-state index in [1.54, 1.807) is 0 Å². The third-order valence-corrected chi connectivity index (χ3v) is 2.94. The second-order valence-corrected chi connectivity index (χ2v) is 4.14. The SMILES string of the molecule is COCC(c1ccccc1)N1CC1C(F)(F)F. The molecule has 1 aliphatic rings. The summed E-state index contributed by atoms with van der Waals surface area (Å²) in [6.45, 7) is 0.336. The number of halogens is 3. The molecule has 1 saturated heterocycles. The topological polar surface area (TPSA) is 12.2 Å². The number of hydrogen-bond donors (Lipinski definition) is 0. The summed E-state index contributed by atoms with van der Waals surface area (Å²) in [6, 6.07) is 7.52. The molecule has 1 aromatic carbocycles. The van der Waals surface area contributed by atoms with Crippen LogP contribution in [0, 0.1) is 0 Å². The number of methoxy groups -OCH3 is 1. The van der Waals surface area contributed by atoms with Gasteiger partial charge in [0.1, 0.15) is 6.04 Å². The largest absolute Gasteiger partial charge is 0.405 e. The highest BCUT2D eigenvalue weighted by atomic mass is 19.4. The van der Waals surface area contributed by atoms with Gasteiger partial charge in [0.05, 0.1) is 12.6 Å². The zero-order valence-electron chi connectivity index (χ0n) is 9.45. The van der Waals surface area contributed by atoms with E-state index in [1.165, 1.54) is 12.0 Å². The molecule has 17 heavy (non-hydrogen) atoms. The van der Waals surface area contributed by atoms with Gasteiger partial charge in [0.25, 0.3) is 0 Å². The number of alkyl halides is 3. The molecular formula is C12H14F3NO. The monoisotopic (exact) mass is 245 g/mol. The van der Waals surface area contributed by atoms with Gasteiger partial charge in [0, 0.05) is 13.7 Å². The third kappa shape index (κ3) is 2.79. The lowest BCUT2D eigenvalue weighted by molar-refractivity contribution is -0.139. The van der Waals surface area contributed by atoms with Gasteiger partial charge in [-0.05, 0) is 5.56 Å². The van der Waals surface area contributed by atoms with Gasteiger partial charge in [-0.3, -0.25) is 4.90 Å². The maximum absolute atomic E-state index is 12.5. The van der Waals surface area contributed by atoms with Crippen molar-refractivity contribution in [3.05, 3.63) is 35.9 Å². The molecule has 1 fully saturated rings. The Hall–Kier alpha value is -1.07. The van der Waals surface area contributed by atoms with Gasteiger partial charge in [-0.25, -0.2) is 0 Å². The van der Waals surface area contributed by atoms with Crippen LogP contribution in [0.1, 0.15) is 11.6 Å². The van der Waals surface area contributed by atoms with Crippen molar-refractivity contribution in [2.75, 3.05) is 20.3 Å². The Morgan fingerprint density at radius 3 is 2.47 bits per heavy atom. The van der Waals surface area contributed by atoms with E-state index >= 15 is 0 Å². The molecule has 2 nitrogen and oxygen atoms in total. The highest BCUT2D eigenvalue weighted by Gasteiger charge is 2.56. The van der Waals surface area contributed by atoms with Gasteiger partial charge < -0.3 is 4.74 Å². The Labute approximate surface area is 98.0 Å². The Balaban J connectivity index is 2.10. The van der Waals surface area contributed by atoms with Crippen LogP contribution in [0.4, 0.5) is 13.2 Å². The first kappa shape index (κ1) is 12.4. The number of rotatable bonds is 4. The fraction of sp³-hybridized carbons (Fsp3) is 0.500. The van der Waals surface area contributed by atoms with E-state index in [0.717, 1.165) is 5.56 Å². The molecule has 5 heteroatoms. The maximum Gasteiger partial charge on any atom is 0.405 e. The van der Waals surface area contributed by atoms with E-state index in [4.69, 9.17) is 4.74 Å². The second-order valence-electron chi connectivity index (χ2n) is 4.14. The molecule has 0 spiro atoms. The van der Waals surface area contributed by atoms with Crippen molar-refractivity contribution < 1.29 is 17.9 Å². The van der Waals surface area contributed by atoms with Crippen LogP contribution < -0.4 is 0 Å². The first-order chi connectivity index (χ1) is 8.04. The average molecular weight is 245 g/mol. The Morgan fingerprint density at radius 1 is 1.35 bits per heavy atom. The average Bonchev–Trinajstić information content (AvgIpc) is 3.06. The third-order valence-electron chi connectivity index (χ3n) is 2.94. The summed E-state index contributed by atoms with van der Waals surface area (Å²) in [7, 11) is 1.50. The van der Waals surface area contributed by atoms with Gasteiger partial charge in [-0.2, -0.15) is 13.2 Å². The summed E-state index contributed by atoms with van der Waals surface area (Å²) in [6.07, 6.45) is -4.14. The minimum atomic E-state index is -4.14. The van der Waals surface area contributed by atoms with Gasteiger partial charge >= 0.3 is 6.18 Å². The van der Waals surface area contributed by atoms with Crippen molar-refractivity contribution >= 4 is 0 Å². The van der Waals surface area contributed by atoms with Crippen molar-refractivity contribution in [1.82, 2.24) is 4.90 Å². The molecule has 3 unspecified atom stereocenters. The lowest BCUT2D eigenvalue weighted by Crippen LogP contribution is -2.25. The maximum atomic E-state index is 12.5. The molecule has 0 aliphatic carbocycles. The van der Waals surface area contributed by atoms with Crippen molar-refractivity contribution in [2.45, 2.75) is 18.3 Å². The molecule has 0 aromatic heterocycles. The number of benzene rings is 1. The van der Waals surface area contributed by atoms with Crippen molar-refractivity contribution in [3.63, 3.8) is 0 Å². The number of ether oxygens (including phenoxy) is 1. The predicted octanol–water partition coefficient (Wildman–Crippen LogP) is 2.62. The van der Waals surface area contributed by atoms with E-state index < -0.39 is 12.2 Å². The number of nitrogens with zero attached hydrogens (tertiary/aromatic N) is 1. The molecule has 94 valence electrons. The van der Waals surface area contributed by atoms with Crippen LogP contribution in [-0.4, -0.2) is 37.4 Å². The summed E-state index contributed by atoms with van der Waals surface area (Å²) in [5.74, 6) is 0.